The molecule has 2 unspecified atom stereocenters. The number of nitrogens with zero attached hydrogens (tertiary/aromatic N) is 2. The summed E-state index contributed by atoms with van der Waals surface area (Å²) in [5, 5.41) is 22.0. The molecular weight excluding hydrogens is 540 g/mol. The topological polar surface area (TPSA) is 58.9 Å². The van der Waals surface area contributed by atoms with Gasteiger partial charge in [0.25, 0.3) is 0 Å². The molecular formula is C24H34Br2N2O4. The molecule has 32 heavy (non-hydrogen) atoms. The number of benzene rings is 2. The molecule has 0 amide bonds. The summed E-state index contributed by atoms with van der Waals surface area (Å²) in [6.07, 6.45) is 0. The molecule has 0 bridgehead atoms. The zero-order valence-electron chi connectivity index (χ0n) is 19.2. The number of hydrogen-bond donors (Lipinski definition) is 2. The first-order valence-electron chi connectivity index (χ1n) is 10.6. The van der Waals surface area contributed by atoms with E-state index in [2.05, 4.69) is 28.2 Å². The summed E-state index contributed by atoms with van der Waals surface area (Å²) < 4.78 is 12.9. The van der Waals surface area contributed by atoms with Crippen molar-refractivity contribution in [2.45, 2.75) is 11.6 Å². The van der Waals surface area contributed by atoms with Crippen LogP contribution in [0.15, 0.2) is 48.5 Å². The van der Waals surface area contributed by atoms with Gasteiger partial charge in [-0.1, -0.05) is 48.5 Å². The van der Waals surface area contributed by atoms with Crippen LogP contribution in [0, 0.1) is 0 Å². The number of morpholine rings is 2. The van der Waals surface area contributed by atoms with E-state index in [1.54, 1.807) is 0 Å². The van der Waals surface area contributed by atoms with Crippen molar-refractivity contribution in [3.05, 3.63) is 59.7 Å². The molecule has 0 radical (unpaired) electrons. The van der Waals surface area contributed by atoms with Crippen molar-refractivity contribution in [2.24, 2.45) is 0 Å². The molecule has 2 aliphatic rings. The van der Waals surface area contributed by atoms with Gasteiger partial charge < -0.3 is 62.6 Å². The first kappa shape index (κ1) is 27.4. The molecule has 2 N–H and O–H groups in total. The smallest absolute Gasteiger partial charge is 0.243 e. The zero-order valence-corrected chi connectivity index (χ0v) is 22.4. The minimum atomic E-state index is -1.25. The Balaban J connectivity index is 0.00000181. The van der Waals surface area contributed by atoms with Gasteiger partial charge in [-0.3, -0.25) is 0 Å². The van der Waals surface area contributed by atoms with Crippen molar-refractivity contribution in [3.63, 3.8) is 0 Å². The van der Waals surface area contributed by atoms with E-state index < -0.39 is 11.6 Å². The predicted octanol–water partition coefficient (Wildman–Crippen LogP) is -4.13. The number of hydrogen-bond acceptors (Lipinski definition) is 4. The van der Waals surface area contributed by atoms with Crippen LogP contribution in [0.4, 0.5) is 0 Å². The third-order valence-electron chi connectivity index (χ3n) is 6.36. The lowest BCUT2D eigenvalue weighted by Gasteiger charge is -2.42. The maximum atomic E-state index is 11.0. The largest absolute Gasteiger partial charge is 1.00 e. The van der Waals surface area contributed by atoms with Crippen molar-refractivity contribution in [1.29, 1.82) is 0 Å². The van der Waals surface area contributed by atoms with Crippen LogP contribution in [0.2, 0.25) is 0 Å². The Morgan fingerprint density at radius 1 is 0.625 bits per heavy atom. The Labute approximate surface area is 212 Å². The molecule has 0 aliphatic carbocycles. The number of likely N-dealkylation sites (N-methyl/N-ethyl adjacent to an activating group) is 2. The predicted molar refractivity (Wildman–Crippen MR) is 115 cm³/mol. The first-order valence-corrected chi connectivity index (χ1v) is 10.6. The lowest BCUT2D eigenvalue weighted by atomic mass is 9.96. The van der Waals surface area contributed by atoms with E-state index >= 15 is 0 Å². The van der Waals surface area contributed by atoms with Gasteiger partial charge in [0.1, 0.15) is 26.2 Å². The molecule has 2 aliphatic heterocycles. The van der Waals surface area contributed by atoms with Gasteiger partial charge in [-0.2, -0.15) is 0 Å². The summed E-state index contributed by atoms with van der Waals surface area (Å²) >= 11 is 0. The van der Waals surface area contributed by atoms with Crippen molar-refractivity contribution in [1.82, 2.24) is 0 Å². The van der Waals surface area contributed by atoms with Crippen LogP contribution in [-0.2, 0) is 21.0 Å². The molecule has 2 aromatic carbocycles. The Morgan fingerprint density at radius 3 is 1.22 bits per heavy atom. The number of aliphatic hydroxyl groups is 2. The van der Waals surface area contributed by atoms with E-state index in [0.717, 1.165) is 44.3 Å². The van der Waals surface area contributed by atoms with Crippen molar-refractivity contribution >= 4 is 0 Å². The number of ether oxygens (including phenoxy) is 2. The van der Waals surface area contributed by atoms with Crippen molar-refractivity contribution in [3.8, 4) is 11.1 Å². The molecule has 0 saturated carbocycles. The van der Waals surface area contributed by atoms with E-state index in [0.29, 0.717) is 26.3 Å². The Hall–Kier alpha value is -0.840. The highest BCUT2D eigenvalue weighted by Crippen LogP contribution is 2.33. The van der Waals surface area contributed by atoms with Crippen LogP contribution in [0.1, 0.15) is 11.1 Å². The average molecular weight is 574 g/mol. The van der Waals surface area contributed by atoms with Crippen LogP contribution in [0.3, 0.4) is 0 Å². The number of quaternary nitrogens is 2. The summed E-state index contributed by atoms with van der Waals surface area (Å²) in [7, 11) is 8.42. The highest BCUT2D eigenvalue weighted by Gasteiger charge is 2.43. The van der Waals surface area contributed by atoms with E-state index in [1.165, 1.54) is 0 Å². The highest BCUT2D eigenvalue weighted by atomic mass is 79.9. The second-order valence-corrected chi connectivity index (χ2v) is 10.1. The fraction of sp³-hybridized carbons (Fsp3) is 0.500. The second-order valence-electron chi connectivity index (χ2n) is 10.1. The summed E-state index contributed by atoms with van der Waals surface area (Å²) in [5.41, 5.74) is 3.65. The molecule has 2 fully saturated rings. The van der Waals surface area contributed by atoms with Gasteiger partial charge in [0.05, 0.1) is 41.4 Å². The molecule has 2 aromatic rings. The fourth-order valence-corrected chi connectivity index (χ4v) is 4.53. The Kier molecular flexibility index (Phi) is 8.39. The van der Waals surface area contributed by atoms with Gasteiger partial charge >= 0.3 is 0 Å². The molecule has 0 aromatic heterocycles. The van der Waals surface area contributed by atoms with Crippen LogP contribution in [-0.4, -0.2) is 86.8 Å². The van der Waals surface area contributed by atoms with E-state index in [4.69, 9.17) is 9.47 Å². The molecule has 6 nitrogen and oxygen atoms in total. The standard InChI is InChI=1S/C24H34N2O4.2BrH/c1-25(2)13-15-29-23(27,17-25)21-9-5-19(6-10-21)20-7-11-22(12-8-20)24(28)18-26(3,4)14-16-30-24;;/h5-12,27-28H,13-18H2,1-4H3;2*1H/q+2;;/p-2. The van der Waals surface area contributed by atoms with E-state index in [9.17, 15) is 10.2 Å². The van der Waals surface area contributed by atoms with E-state index in [-0.39, 0.29) is 34.0 Å². The molecule has 8 heteroatoms. The maximum Gasteiger partial charge on any atom is 0.243 e. The summed E-state index contributed by atoms with van der Waals surface area (Å²) in [6.45, 7) is 3.89. The van der Waals surface area contributed by atoms with Gasteiger partial charge in [0, 0.05) is 11.1 Å². The monoisotopic (exact) mass is 572 g/mol. The van der Waals surface area contributed by atoms with Crippen molar-refractivity contribution < 1.29 is 62.6 Å². The van der Waals surface area contributed by atoms with E-state index in [1.807, 2.05) is 48.5 Å². The van der Waals surface area contributed by atoms with Gasteiger partial charge in [-0.15, -0.1) is 0 Å². The van der Waals surface area contributed by atoms with Crippen LogP contribution >= 0.6 is 0 Å². The lowest BCUT2D eigenvalue weighted by Crippen LogP contribution is -3.00. The number of halogens is 2. The van der Waals surface area contributed by atoms with Crippen LogP contribution in [0.5, 0.6) is 0 Å². The summed E-state index contributed by atoms with van der Waals surface area (Å²) in [5.74, 6) is -2.51. The molecule has 4 rings (SSSR count). The molecule has 178 valence electrons. The van der Waals surface area contributed by atoms with Gasteiger partial charge in [-0.05, 0) is 11.1 Å². The SMILES string of the molecule is C[N+]1(C)CCOC(O)(c2ccc(-c3ccc(C4(O)C[N+](C)(C)CCO4)cc3)cc2)C1.[Br-].[Br-]. The van der Waals surface area contributed by atoms with Gasteiger partial charge in [0.2, 0.25) is 11.6 Å². The highest BCUT2D eigenvalue weighted by molar-refractivity contribution is 5.64. The quantitative estimate of drug-likeness (QED) is 0.366. The second kappa shape index (κ2) is 9.80. The van der Waals surface area contributed by atoms with Crippen LogP contribution in [0.25, 0.3) is 11.1 Å². The molecule has 2 saturated heterocycles. The third kappa shape index (κ3) is 5.80. The fourth-order valence-electron chi connectivity index (χ4n) is 4.53. The summed E-state index contributed by atoms with van der Waals surface area (Å²) in [6, 6.07) is 15.8. The molecule has 2 atom stereocenters. The summed E-state index contributed by atoms with van der Waals surface area (Å²) in [4.78, 5) is 0. The van der Waals surface area contributed by atoms with Gasteiger partial charge in [-0.25, -0.2) is 0 Å². The first-order chi connectivity index (χ1) is 14.0. The molecule has 2 heterocycles. The Bertz CT molecular complexity index is 830. The minimum Gasteiger partial charge on any atom is -1.00 e. The maximum absolute atomic E-state index is 11.0. The average Bonchev–Trinajstić information content (AvgIpc) is 2.66. The lowest BCUT2D eigenvalue weighted by molar-refractivity contribution is -0.912. The number of rotatable bonds is 3. The van der Waals surface area contributed by atoms with Crippen LogP contribution < -0.4 is 34.0 Å². The van der Waals surface area contributed by atoms with Crippen molar-refractivity contribution in [2.75, 3.05) is 67.6 Å². The molecule has 0 spiro atoms. The third-order valence-corrected chi connectivity index (χ3v) is 6.36. The van der Waals surface area contributed by atoms with Gasteiger partial charge in [0.15, 0.2) is 0 Å². The zero-order chi connectivity index (χ0) is 21.6. The normalized spacial score (nSPS) is 28.8. The minimum absolute atomic E-state index is 0. The Morgan fingerprint density at radius 2 is 0.938 bits per heavy atom.